The highest BCUT2D eigenvalue weighted by Crippen LogP contribution is 2.35. The maximum absolute atomic E-state index is 14.5. The third kappa shape index (κ3) is 3.39. The van der Waals surface area contributed by atoms with Crippen molar-refractivity contribution in [3.05, 3.63) is 47.8 Å². The number of fused-ring (bicyclic) bond motifs is 1. The molecule has 4 rings (SSSR count). The number of aromatic nitrogens is 1. The Kier molecular flexibility index (Phi) is 4.54. The third-order valence-corrected chi connectivity index (χ3v) is 6.98. The van der Waals surface area contributed by atoms with Gasteiger partial charge in [-0.2, -0.15) is 0 Å². The molecule has 0 unspecified atom stereocenters. The van der Waals surface area contributed by atoms with Crippen molar-refractivity contribution in [2.75, 3.05) is 19.3 Å². The zero-order valence-electron chi connectivity index (χ0n) is 14.3. The van der Waals surface area contributed by atoms with E-state index in [0.29, 0.717) is 16.5 Å². The Bertz CT molecular complexity index is 1070. The van der Waals surface area contributed by atoms with Crippen LogP contribution in [0.4, 0.5) is 4.39 Å². The fourth-order valence-electron chi connectivity index (χ4n) is 3.37. The van der Waals surface area contributed by atoms with E-state index in [9.17, 15) is 12.8 Å². The van der Waals surface area contributed by atoms with E-state index < -0.39 is 15.7 Å². The summed E-state index contributed by atoms with van der Waals surface area (Å²) in [6.07, 6.45) is 3.32. The predicted octanol–water partition coefficient (Wildman–Crippen LogP) is 3.97. The second kappa shape index (κ2) is 6.72. The predicted molar refractivity (Wildman–Crippen MR) is 103 cm³/mol. The first-order valence-corrected chi connectivity index (χ1v) is 11.2. The first-order valence-electron chi connectivity index (χ1n) is 8.53. The van der Waals surface area contributed by atoms with Crippen LogP contribution in [-0.2, 0) is 9.84 Å². The van der Waals surface area contributed by atoms with Crippen LogP contribution in [-0.4, -0.2) is 32.7 Å². The first-order chi connectivity index (χ1) is 12.4. The van der Waals surface area contributed by atoms with Gasteiger partial charge in [-0.05, 0) is 67.7 Å². The maximum Gasteiger partial charge on any atom is 0.175 e. The average Bonchev–Trinajstić information content (AvgIpc) is 3.04. The Hall–Kier alpha value is -1.83. The van der Waals surface area contributed by atoms with Gasteiger partial charge in [-0.3, -0.25) is 0 Å². The number of nitrogens with zero attached hydrogens (tertiary/aromatic N) is 1. The quantitative estimate of drug-likeness (QED) is 0.735. The molecule has 4 nitrogen and oxygen atoms in total. The third-order valence-electron chi connectivity index (χ3n) is 4.82. The Morgan fingerprint density at radius 3 is 2.62 bits per heavy atom. The lowest BCUT2D eigenvalue weighted by atomic mass is 9.90. The van der Waals surface area contributed by atoms with Crippen LogP contribution in [0.25, 0.3) is 20.8 Å². The molecule has 3 aromatic rings. The number of benzene rings is 2. The normalized spacial score (nSPS) is 16.2. The molecule has 0 bridgehead atoms. The molecule has 0 spiro atoms. The van der Waals surface area contributed by atoms with E-state index in [-0.39, 0.29) is 4.90 Å². The van der Waals surface area contributed by atoms with Gasteiger partial charge >= 0.3 is 0 Å². The molecule has 1 saturated heterocycles. The number of halogens is 1. The van der Waals surface area contributed by atoms with Crippen LogP contribution in [0.15, 0.2) is 41.3 Å². The summed E-state index contributed by atoms with van der Waals surface area (Å²) < 4.78 is 38.6. The summed E-state index contributed by atoms with van der Waals surface area (Å²) in [5.41, 5.74) is 2.48. The molecular weight excluding hydrogens is 371 g/mol. The molecule has 1 N–H and O–H groups in total. The molecule has 0 aliphatic carbocycles. The number of nitrogens with one attached hydrogen (secondary N) is 1. The minimum atomic E-state index is -3.43. The summed E-state index contributed by atoms with van der Waals surface area (Å²) in [7, 11) is -3.43. The van der Waals surface area contributed by atoms with Crippen LogP contribution in [0, 0.1) is 5.82 Å². The highest BCUT2D eigenvalue weighted by molar-refractivity contribution is 7.90. The molecule has 1 aromatic heterocycles. The molecule has 1 aliphatic heterocycles. The van der Waals surface area contributed by atoms with E-state index in [1.807, 2.05) is 6.07 Å². The average molecular weight is 391 g/mol. The van der Waals surface area contributed by atoms with Gasteiger partial charge < -0.3 is 5.32 Å². The lowest BCUT2D eigenvalue weighted by Crippen LogP contribution is -2.26. The van der Waals surface area contributed by atoms with Gasteiger partial charge in [0.2, 0.25) is 0 Å². The smallest absolute Gasteiger partial charge is 0.175 e. The summed E-state index contributed by atoms with van der Waals surface area (Å²) >= 11 is 1.44. The molecule has 1 aliphatic rings. The van der Waals surface area contributed by atoms with Crippen LogP contribution >= 0.6 is 11.3 Å². The molecule has 0 atom stereocenters. The number of thiazole rings is 1. The molecule has 1 fully saturated rings. The number of hydrogen-bond donors (Lipinski definition) is 1. The lowest BCUT2D eigenvalue weighted by Gasteiger charge is -2.22. The number of rotatable bonds is 3. The van der Waals surface area contributed by atoms with Crippen molar-refractivity contribution < 1.29 is 12.8 Å². The summed E-state index contributed by atoms with van der Waals surface area (Å²) in [5.74, 6) is -0.0115. The van der Waals surface area contributed by atoms with Gasteiger partial charge in [-0.1, -0.05) is 6.07 Å². The highest BCUT2D eigenvalue weighted by atomic mass is 32.2. The summed E-state index contributed by atoms with van der Waals surface area (Å²) in [6.45, 7) is 2.07. The zero-order valence-corrected chi connectivity index (χ0v) is 16.0. The minimum absolute atomic E-state index is 0.0203. The van der Waals surface area contributed by atoms with E-state index in [0.717, 1.165) is 48.5 Å². The number of piperidine rings is 1. The fraction of sp³-hybridized carbons (Fsp3) is 0.316. The second-order valence-corrected chi connectivity index (χ2v) is 9.73. The van der Waals surface area contributed by atoms with Crippen LogP contribution in [0.5, 0.6) is 0 Å². The second-order valence-electron chi connectivity index (χ2n) is 6.68. The number of hydrogen-bond acceptors (Lipinski definition) is 5. The van der Waals surface area contributed by atoms with Gasteiger partial charge in [0, 0.05) is 11.8 Å². The summed E-state index contributed by atoms with van der Waals surface area (Å²) in [6, 6.07) is 10.3. The SMILES string of the molecule is CS(=O)(=O)c1ccc(-c2nc3ccc(C4CCNCC4)cc3s2)c(F)c1. The van der Waals surface area contributed by atoms with Crippen molar-refractivity contribution in [3.63, 3.8) is 0 Å². The van der Waals surface area contributed by atoms with Crippen LogP contribution in [0.1, 0.15) is 24.3 Å². The molecule has 26 heavy (non-hydrogen) atoms. The molecule has 7 heteroatoms. The number of sulfone groups is 1. The van der Waals surface area contributed by atoms with E-state index in [1.165, 1.54) is 29.0 Å². The van der Waals surface area contributed by atoms with Crippen molar-refractivity contribution in [1.82, 2.24) is 10.3 Å². The van der Waals surface area contributed by atoms with Crippen molar-refractivity contribution in [2.45, 2.75) is 23.7 Å². The topological polar surface area (TPSA) is 59.1 Å². The minimum Gasteiger partial charge on any atom is -0.317 e. The van der Waals surface area contributed by atoms with Gasteiger partial charge in [0.05, 0.1) is 15.1 Å². The van der Waals surface area contributed by atoms with Crippen LogP contribution < -0.4 is 5.32 Å². The zero-order chi connectivity index (χ0) is 18.3. The maximum atomic E-state index is 14.5. The van der Waals surface area contributed by atoms with E-state index >= 15 is 0 Å². The van der Waals surface area contributed by atoms with Crippen molar-refractivity contribution in [1.29, 1.82) is 0 Å². The Labute approximate surface area is 156 Å². The van der Waals surface area contributed by atoms with Crippen LogP contribution in [0.3, 0.4) is 0 Å². The van der Waals surface area contributed by atoms with Crippen LogP contribution in [0.2, 0.25) is 0 Å². The lowest BCUT2D eigenvalue weighted by molar-refractivity contribution is 0.461. The molecule has 2 aromatic carbocycles. The summed E-state index contributed by atoms with van der Waals surface area (Å²) in [4.78, 5) is 4.52. The van der Waals surface area contributed by atoms with E-state index in [1.54, 1.807) is 0 Å². The molecule has 0 amide bonds. The van der Waals surface area contributed by atoms with E-state index in [2.05, 4.69) is 22.4 Å². The van der Waals surface area contributed by atoms with Crippen molar-refractivity contribution in [2.24, 2.45) is 0 Å². The Morgan fingerprint density at radius 2 is 1.92 bits per heavy atom. The molecule has 0 saturated carbocycles. The van der Waals surface area contributed by atoms with Gasteiger partial charge in [0.1, 0.15) is 10.8 Å². The standard InChI is InChI=1S/C19H19FN2O2S2/c1-26(23,24)14-3-4-15(16(20)11-14)19-22-17-5-2-13(10-18(17)25-19)12-6-8-21-9-7-12/h2-5,10-12,21H,6-9H2,1H3. The van der Waals surface area contributed by atoms with Gasteiger partial charge in [-0.15, -0.1) is 11.3 Å². The van der Waals surface area contributed by atoms with Crippen molar-refractivity contribution in [3.8, 4) is 10.6 Å². The molecule has 136 valence electrons. The fourth-order valence-corrected chi connectivity index (χ4v) is 5.04. The monoisotopic (exact) mass is 390 g/mol. The van der Waals surface area contributed by atoms with E-state index in [4.69, 9.17) is 0 Å². The van der Waals surface area contributed by atoms with Gasteiger partial charge in [0.15, 0.2) is 9.84 Å². The highest BCUT2D eigenvalue weighted by Gasteiger charge is 2.18. The molecule has 2 heterocycles. The summed E-state index contributed by atoms with van der Waals surface area (Å²) in [5, 5.41) is 3.94. The van der Waals surface area contributed by atoms with Gasteiger partial charge in [0.25, 0.3) is 0 Å². The molecule has 0 radical (unpaired) electrons. The first kappa shape index (κ1) is 17.6. The van der Waals surface area contributed by atoms with Gasteiger partial charge in [-0.25, -0.2) is 17.8 Å². The van der Waals surface area contributed by atoms with Crippen molar-refractivity contribution >= 4 is 31.4 Å². The Balaban J connectivity index is 1.71. The Morgan fingerprint density at radius 1 is 1.15 bits per heavy atom. The largest absolute Gasteiger partial charge is 0.317 e. The molecular formula is C19H19FN2O2S2.